The van der Waals surface area contributed by atoms with Gasteiger partial charge in [-0.15, -0.1) is 0 Å². The molecule has 2 bridgehead atoms. The van der Waals surface area contributed by atoms with Gasteiger partial charge in [-0.2, -0.15) is 0 Å². The molecule has 4 atom stereocenters. The molecule has 1 aromatic heterocycles. The number of aromatic carboxylic acids is 1. The van der Waals surface area contributed by atoms with E-state index in [1.807, 2.05) is 18.2 Å². The molecule has 3 heterocycles. The number of fused-ring (bicyclic) bond motifs is 3. The zero-order chi connectivity index (χ0) is 21.4. The normalized spacial score (nSPS) is 24.6. The zero-order valence-corrected chi connectivity index (χ0v) is 17.8. The van der Waals surface area contributed by atoms with E-state index in [0.29, 0.717) is 23.5 Å². The van der Waals surface area contributed by atoms with Crippen molar-refractivity contribution in [2.75, 3.05) is 0 Å². The Bertz CT molecular complexity index is 1060. The Labute approximate surface area is 176 Å². The number of para-hydroxylation sites is 2. The second-order valence-corrected chi connectivity index (χ2v) is 8.75. The van der Waals surface area contributed by atoms with Crippen molar-refractivity contribution in [3.63, 3.8) is 0 Å². The number of hydrogen-bond donors (Lipinski definition) is 1. The third kappa shape index (κ3) is 3.63. The second kappa shape index (κ2) is 8.23. The van der Waals surface area contributed by atoms with E-state index in [0.717, 1.165) is 37.6 Å². The van der Waals surface area contributed by atoms with Gasteiger partial charge in [0.15, 0.2) is 0 Å². The molecule has 1 N–H and O–H groups in total. The van der Waals surface area contributed by atoms with E-state index in [1.54, 1.807) is 10.6 Å². The molecule has 4 rings (SSSR count). The average Bonchev–Trinajstić information content (AvgIpc) is 2.97. The molecule has 2 aliphatic heterocycles. The summed E-state index contributed by atoms with van der Waals surface area (Å²) in [5.41, 5.74) is 0.388. The minimum absolute atomic E-state index is 0.0205. The van der Waals surface area contributed by atoms with E-state index >= 15 is 0 Å². The Morgan fingerprint density at radius 1 is 1.17 bits per heavy atom. The lowest BCUT2D eigenvalue weighted by atomic mass is 9.94. The summed E-state index contributed by atoms with van der Waals surface area (Å²) in [6.45, 7) is 6.41. The maximum absolute atomic E-state index is 13.1. The smallest absolute Gasteiger partial charge is 0.360 e. The van der Waals surface area contributed by atoms with E-state index in [1.165, 1.54) is 0 Å². The van der Waals surface area contributed by atoms with Gasteiger partial charge in [-0.3, -0.25) is 9.69 Å². The van der Waals surface area contributed by atoms with Gasteiger partial charge >= 0.3 is 5.97 Å². The van der Waals surface area contributed by atoms with Crippen molar-refractivity contribution in [2.24, 2.45) is 5.92 Å². The fourth-order valence-electron chi connectivity index (χ4n) is 5.21. The summed E-state index contributed by atoms with van der Waals surface area (Å²) < 4.78 is 1.70. The van der Waals surface area contributed by atoms with Crippen molar-refractivity contribution in [3.8, 4) is 11.8 Å². The molecule has 30 heavy (non-hydrogen) atoms. The summed E-state index contributed by atoms with van der Waals surface area (Å²) in [5, 5.41) is 9.52. The highest BCUT2D eigenvalue weighted by Gasteiger charge is 2.44. The standard InChI is InChI=1S/C24H29N3O3/c1-4-16(10-9-15(2)3)26-17-11-12-18(26)14-19(13-17)27-21-8-6-5-7-20(21)25-22(23(27)28)24(29)30/h5-8,15-19H,4,11-14H2,1-3H3,(H,29,30)/t16?,17-,18+,19?. The lowest BCUT2D eigenvalue weighted by Crippen LogP contribution is -2.49. The molecular formula is C24H29N3O3. The van der Waals surface area contributed by atoms with Gasteiger partial charge < -0.3 is 9.67 Å². The molecule has 2 fully saturated rings. The number of hydrogen-bond acceptors (Lipinski definition) is 4. The van der Waals surface area contributed by atoms with Crippen molar-refractivity contribution < 1.29 is 9.90 Å². The number of piperidine rings is 1. The van der Waals surface area contributed by atoms with E-state index in [-0.39, 0.29) is 12.1 Å². The van der Waals surface area contributed by atoms with Gasteiger partial charge in [0.1, 0.15) is 0 Å². The fraction of sp³-hybridized carbons (Fsp3) is 0.542. The highest BCUT2D eigenvalue weighted by molar-refractivity contribution is 5.88. The molecular weight excluding hydrogens is 378 g/mol. The summed E-state index contributed by atoms with van der Waals surface area (Å²) in [4.78, 5) is 31.4. The molecule has 158 valence electrons. The lowest BCUT2D eigenvalue weighted by Gasteiger charge is -2.42. The first-order valence-electron chi connectivity index (χ1n) is 10.9. The number of rotatable bonds is 4. The monoisotopic (exact) mass is 407 g/mol. The van der Waals surface area contributed by atoms with Gasteiger partial charge in [0.2, 0.25) is 5.69 Å². The van der Waals surface area contributed by atoms with Crippen LogP contribution in [0, 0.1) is 17.8 Å². The maximum atomic E-state index is 13.1. The molecule has 2 aromatic rings. The summed E-state index contributed by atoms with van der Waals surface area (Å²) in [5.74, 6) is 5.90. The van der Waals surface area contributed by atoms with Crippen LogP contribution in [0.1, 0.15) is 69.4 Å². The Balaban J connectivity index is 1.72. The van der Waals surface area contributed by atoms with Gasteiger partial charge in [-0.1, -0.05) is 44.7 Å². The quantitative estimate of drug-likeness (QED) is 0.782. The van der Waals surface area contributed by atoms with Crippen LogP contribution in [0.2, 0.25) is 0 Å². The zero-order valence-electron chi connectivity index (χ0n) is 17.8. The lowest BCUT2D eigenvalue weighted by molar-refractivity contribution is 0.0684. The number of carboxylic acid groups (broad SMARTS) is 1. The van der Waals surface area contributed by atoms with Crippen LogP contribution >= 0.6 is 0 Å². The van der Waals surface area contributed by atoms with Crippen molar-refractivity contribution in [1.82, 2.24) is 14.5 Å². The molecule has 6 heteroatoms. The molecule has 0 radical (unpaired) electrons. The molecule has 2 unspecified atom stereocenters. The van der Waals surface area contributed by atoms with Crippen LogP contribution in [0.15, 0.2) is 29.1 Å². The summed E-state index contributed by atoms with van der Waals surface area (Å²) >= 11 is 0. The van der Waals surface area contributed by atoms with Crippen molar-refractivity contribution >= 4 is 17.0 Å². The topological polar surface area (TPSA) is 75.4 Å². The van der Waals surface area contributed by atoms with Crippen LogP contribution < -0.4 is 5.56 Å². The Morgan fingerprint density at radius 2 is 1.83 bits per heavy atom. The average molecular weight is 408 g/mol. The molecule has 1 aromatic carbocycles. The fourth-order valence-corrected chi connectivity index (χ4v) is 5.21. The maximum Gasteiger partial charge on any atom is 0.360 e. The molecule has 2 saturated heterocycles. The number of carbonyl (C=O) groups is 1. The van der Waals surface area contributed by atoms with Crippen molar-refractivity contribution in [1.29, 1.82) is 0 Å². The molecule has 0 amide bonds. The minimum atomic E-state index is -1.27. The molecule has 0 saturated carbocycles. The van der Waals surface area contributed by atoms with E-state index in [4.69, 9.17) is 0 Å². The largest absolute Gasteiger partial charge is 0.476 e. The Morgan fingerprint density at radius 3 is 2.43 bits per heavy atom. The third-order valence-corrected chi connectivity index (χ3v) is 6.41. The van der Waals surface area contributed by atoms with Crippen LogP contribution in [0.4, 0.5) is 0 Å². The second-order valence-electron chi connectivity index (χ2n) is 8.75. The molecule has 0 spiro atoms. The first-order valence-corrected chi connectivity index (χ1v) is 10.9. The van der Waals surface area contributed by atoms with Gasteiger partial charge in [0.05, 0.1) is 17.1 Å². The highest BCUT2D eigenvalue weighted by Crippen LogP contribution is 2.42. The first kappa shape index (κ1) is 20.6. The van der Waals surface area contributed by atoms with E-state index in [2.05, 4.69) is 42.5 Å². The predicted octanol–water partition coefficient (Wildman–Crippen LogP) is 3.70. The van der Waals surface area contributed by atoms with Crippen LogP contribution in [-0.4, -0.2) is 43.7 Å². The number of benzene rings is 1. The van der Waals surface area contributed by atoms with Gasteiger partial charge in [0, 0.05) is 24.0 Å². The summed E-state index contributed by atoms with van der Waals surface area (Å²) in [7, 11) is 0. The Kier molecular flexibility index (Phi) is 5.66. The minimum Gasteiger partial charge on any atom is -0.476 e. The first-order chi connectivity index (χ1) is 14.4. The van der Waals surface area contributed by atoms with E-state index < -0.39 is 17.2 Å². The summed E-state index contributed by atoms with van der Waals surface area (Å²) in [6, 6.07) is 8.29. The third-order valence-electron chi connectivity index (χ3n) is 6.41. The van der Waals surface area contributed by atoms with Crippen LogP contribution in [0.25, 0.3) is 11.0 Å². The van der Waals surface area contributed by atoms with Crippen molar-refractivity contribution in [3.05, 3.63) is 40.3 Å². The van der Waals surface area contributed by atoms with Gasteiger partial charge in [0.25, 0.3) is 5.56 Å². The molecule has 6 nitrogen and oxygen atoms in total. The van der Waals surface area contributed by atoms with Crippen LogP contribution in [0.3, 0.4) is 0 Å². The summed E-state index contributed by atoms with van der Waals surface area (Å²) in [6.07, 6.45) is 4.86. The molecule has 0 aliphatic carbocycles. The predicted molar refractivity (Wildman–Crippen MR) is 117 cm³/mol. The Hall–Kier alpha value is -2.65. The van der Waals surface area contributed by atoms with Gasteiger partial charge in [-0.05, 0) is 44.2 Å². The number of aromatic nitrogens is 2. The molecule has 2 aliphatic rings. The van der Waals surface area contributed by atoms with Crippen LogP contribution in [0.5, 0.6) is 0 Å². The number of nitrogens with zero attached hydrogens (tertiary/aromatic N) is 3. The van der Waals surface area contributed by atoms with E-state index in [9.17, 15) is 14.7 Å². The van der Waals surface area contributed by atoms with Crippen LogP contribution in [-0.2, 0) is 0 Å². The highest BCUT2D eigenvalue weighted by atomic mass is 16.4. The van der Waals surface area contributed by atoms with Gasteiger partial charge in [-0.25, -0.2) is 9.78 Å². The SMILES string of the molecule is CCC(C#CC(C)C)N1[C@@H]2CC[C@H]1CC(n1c(=O)c(C(=O)O)nc3ccccc31)C2. The number of carboxylic acids is 1. The van der Waals surface area contributed by atoms with Crippen molar-refractivity contribution in [2.45, 2.75) is 77.0 Å².